The average molecular weight is 482 g/mol. The zero-order valence-electron chi connectivity index (χ0n) is 18.4. The molecule has 176 valence electrons. The van der Waals surface area contributed by atoms with E-state index in [4.69, 9.17) is 5.73 Å². The van der Waals surface area contributed by atoms with E-state index < -0.39 is 30.3 Å². The number of nitrogens with two attached hydrogens (primary N) is 1. The molecule has 1 aliphatic rings. The van der Waals surface area contributed by atoms with Gasteiger partial charge in [0, 0.05) is 37.4 Å². The number of carbonyl (C=O) groups is 3. The Morgan fingerprint density at radius 3 is 2.56 bits per heavy atom. The van der Waals surface area contributed by atoms with Crippen LogP contribution < -0.4 is 42.4 Å². The summed E-state index contributed by atoms with van der Waals surface area (Å²) >= 11 is 0. The van der Waals surface area contributed by atoms with Crippen LogP contribution in [0.2, 0.25) is 0 Å². The number of aliphatic carboxylic acids is 2. The summed E-state index contributed by atoms with van der Waals surface area (Å²) in [5.41, 5.74) is 6.51. The fraction of sp³-hybridized carbons (Fsp3) is 0.350. The van der Waals surface area contributed by atoms with E-state index in [0.717, 1.165) is 0 Å². The molecule has 0 bridgehead atoms. The number of aromatic nitrogens is 2. The predicted octanol–water partition coefficient (Wildman–Crippen LogP) is -3.31. The summed E-state index contributed by atoms with van der Waals surface area (Å²) in [5, 5.41) is 30.2. The number of carbonyl (C=O) groups excluding carboxylic acids is 3. The number of anilines is 4. The van der Waals surface area contributed by atoms with Crippen molar-refractivity contribution in [3.05, 3.63) is 40.2 Å². The zero-order valence-corrected chi connectivity index (χ0v) is 19.8. The van der Waals surface area contributed by atoms with E-state index in [2.05, 4.69) is 25.9 Å². The molecule has 0 spiro atoms. The number of rotatable bonds is 9. The SMILES string of the molecule is CN1c2c(nc(N)[nH]c2=O)NC[C@@H]1CNc1ccc(C(=O)N[C@@H](CCC(=O)[O-])C(=O)[O-])cc1.[Mg+2]. The van der Waals surface area contributed by atoms with Gasteiger partial charge in [0.2, 0.25) is 5.95 Å². The van der Waals surface area contributed by atoms with E-state index in [9.17, 15) is 29.4 Å². The van der Waals surface area contributed by atoms with Gasteiger partial charge in [-0.2, -0.15) is 4.98 Å². The molecule has 34 heavy (non-hydrogen) atoms. The summed E-state index contributed by atoms with van der Waals surface area (Å²) in [6.45, 7) is 0.984. The van der Waals surface area contributed by atoms with Crippen LogP contribution in [0, 0.1) is 0 Å². The quantitative estimate of drug-likeness (QED) is 0.224. The molecule has 1 aromatic heterocycles. The molecule has 14 heteroatoms. The van der Waals surface area contributed by atoms with Gasteiger partial charge in [-0.15, -0.1) is 0 Å². The average Bonchev–Trinajstić information content (AvgIpc) is 2.75. The number of fused-ring (bicyclic) bond motifs is 1. The molecule has 6 N–H and O–H groups in total. The Kier molecular flexibility index (Phi) is 9.09. The minimum absolute atomic E-state index is 0. The number of carboxylic acid groups (broad SMARTS) is 2. The third-order valence-corrected chi connectivity index (χ3v) is 5.23. The molecule has 13 nitrogen and oxygen atoms in total. The van der Waals surface area contributed by atoms with Crippen molar-refractivity contribution in [2.24, 2.45) is 0 Å². The number of hydrogen-bond acceptors (Lipinski definition) is 11. The van der Waals surface area contributed by atoms with Crippen LogP contribution >= 0.6 is 0 Å². The van der Waals surface area contributed by atoms with Gasteiger partial charge < -0.3 is 46.4 Å². The van der Waals surface area contributed by atoms with Gasteiger partial charge in [-0.3, -0.25) is 14.6 Å². The molecule has 0 aliphatic carbocycles. The Labute approximate surface area is 210 Å². The maximum atomic E-state index is 12.3. The van der Waals surface area contributed by atoms with Crippen molar-refractivity contribution in [3.63, 3.8) is 0 Å². The first-order valence-electron chi connectivity index (χ1n) is 10.1. The number of nitrogens with one attached hydrogen (secondary N) is 4. The van der Waals surface area contributed by atoms with Crippen LogP contribution in [0.1, 0.15) is 23.2 Å². The van der Waals surface area contributed by atoms with Crippen LogP contribution in [0.5, 0.6) is 0 Å². The number of carboxylic acids is 2. The van der Waals surface area contributed by atoms with Crippen LogP contribution in [-0.4, -0.2) is 83.1 Å². The van der Waals surface area contributed by atoms with Gasteiger partial charge in [-0.1, -0.05) is 0 Å². The van der Waals surface area contributed by atoms with Crippen LogP contribution in [0.15, 0.2) is 29.1 Å². The molecular weight excluding hydrogens is 459 g/mol. The number of likely N-dealkylation sites (N-methyl/N-ethyl adjacent to an activating group) is 1. The maximum Gasteiger partial charge on any atom is 2.00 e. The monoisotopic (exact) mass is 481 g/mol. The van der Waals surface area contributed by atoms with E-state index in [1.165, 1.54) is 12.1 Å². The number of H-pyrrole nitrogens is 1. The van der Waals surface area contributed by atoms with Gasteiger partial charge in [0.05, 0.1) is 18.1 Å². The molecule has 2 atom stereocenters. The van der Waals surface area contributed by atoms with Crippen molar-refractivity contribution >= 4 is 64.0 Å². The predicted molar refractivity (Wildman–Crippen MR) is 121 cm³/mol. The minimum Gasteiger partial charge on any atom is -0.550 e. The van der Waals surface area contributed by atoms with E-state index in [1.54, 1.807) is 24.1 Å². The Hall–Kier alpha value is -3.52. The molecule has 3 rings (SSSR count). The number of nitrogen functional groups attached to an aromatic ring is 1. The molecule has 1 aliphatic heterocycles. The summed E-state index contributed by atoms with van der Waals surface area (Å²) < 4.78 is 0. The van der Waals surface area contributed by atoms with Gasteiger partial charge in [-0.05, 0) is 37.1 Å². The fourth-order valence-electron chi connectivity index (χ4n) is 3.41. The first-order valence-corrected chi connectivity index (χ1v) is 10.1. The van der Waals surface area contributed by atoms with Crippen molar-refractivity contribution < 1.29 is 24.6 Å². The smallest absolute Gasteiger partial charge is 0.550 e. The summed E-state index contributed by atoms with van der Waals surface area (Å²) in [5.74, 6) is -3.22. The second-order valence-corrected chi connectivity index (χ2v) is 7.51. The summed E-state index contributed by atoms with van der Waals surface area (Å²) in [6, 6.07) is 4.75. The maximum absolute atomic E-state index is 12.3. The topological polar surface area (TPSA) is 208 Å². The third-order valence-electron chi connectivity index (χ3n) is 5.23. The first-order chi connectivity index (χ1) is 15.7. The van der Waals surface area contributed by atoms with Crippen LogP contribution in [-0.2, 0) is 9.59 Å². The van der Waals surface area contributed by atoms with Crippen molar-refractivity contribution in [3.8, 4) is 0 Å². The summed E-state index contributed by atoms with van der Waals surface area (Å²) in [4.78, 5) is 54.5. The molecule has 2 aromatic rings. The molecule has 0 saturated carbocycles. The second-order valence-electron chi connectivity index (χ2n) is 7.51. The van der Waals surface area contributed by atoms with Gasteiger partial charge in [0.1, 0.15) is 5.69 Å². The van der Waals surface area contributed by atoms with E-state index in [-0.39, 0.29) is 52.6 Å². The Morgan fingerprint density at radius 1 is 1.26 bits per heavy atom. The van der Waals surface area contributed by atoms with Crippen LogP contribution in [0.4, 0.5) is 23.1 Å². The number of nitrogens with zero attached hydrogens (tertiary/aromatic N) is 2. The Bertz CT molecular complexity index is 1110. The molecule has 1 aromatic carbocycles. The third kappa shape index (κ3) is 6.51. The molecule has 0 saturated heterocycles. The summed E-state index contributed by atoms with van der Waals surface area (Å²) in [7, 11) is 1.78. The van der Waals surface area contributed by atoms with Crippen molar-refractivity contribution in [2.75, 3.05) is 41.4 Å². The van der Waals surface area contributed by atoms with Crippen molar-refractivity contribution in [2.45, 2.75) is 24.9 Å². The second kappa shape index (κ2) is 11.6. The Morgan fingerprint density at radius 2 is 1.94 bits per heavy atom. The molecule has 0 unspecified atom stereocenters. The van der Waals surface area contributed by atoms with Gasteiger partial charge in [0.25, 0.3) is 11.5 Å². The van der Waals surface area contributed by atoms with Gasteiger partial charge >= 0.3 is 23.1 Å². The van der Waals surface area contributed by atoms with E-state index >= 15 is 0 Å². The van der Waals surface area contributed by atoms with Crippen LogP contribution in [0.3, 0.4) is 0 Å². The number of aromatic amines is 1. The van der Waals surface area contributed by atoms with E-state index in [0.29, 0.717) is 30.3 Å². The normalized spacial score (nSPS) is 15.2. The fourth-order valence-corrected chi connectivity index (χ4v) is 3.41. The van der Waals surface area contributed by atoms with Gasteiger partial charge in [-0.25, -0.2) is 0 Å². The van der Waals surface area contributed by atoms with Gasteiger partial charge in [0.15, 0.2) is 5.82 Å². The summed E-state index contributed by atoms with van der Waals surface area (Å²) in [6.07, 6.45) is -0.862. The molecule has 2 heterocycles. The molecule has 1 amide bonds. The molecule has 0 fully saturated rings. The van der Waals surface area contributed by atoms with E-state index in [1.807, 2.05) is 0 Å². The largest absolute Gasteiger partial charge is 2.00 e. The number of benzene rings is 1. The number of amides is 1. The van der Waals surface area contributed by atoms with Crippen LogP contribution in [0.25, 0.3) is 0 Å². The molecule has 0 radical (unpaired) electrons. The Balaban J connectivity index is 0.00000408. The minimum atomic E-state index is -1.58. The van der Waals surface area contributed by atoms with Crippen molar-refractivity contribution in [1.82, 2.24) is 15.3 Å². The first kappa shape index (κ1) is 26.7. The van der Waals surface area contributed by atoms with Crippen molar-refractivity contribution in [1.29, 1.82) is 0 Å². The zero-order chi connectivity index (χ0) is 24.1. The number of hydrogen-bond donors (Lipinski definition) is 5. The standard InChI is InChI=1S/C20H25N7O6.Mg/c1-27-12(9-23-16-15(27)18(31)26-20(21)25-16)8-22-11-4-2-10(3-5-11)17(30)24-13(19(32)33)6-7-14(28)29;/h2-5,12-13,22H,6-9H2,1H3,(H,24,30)(H,28,29)(H,32,33)(H4,21,23,25,26,31);/q;+2/p-2/t12-,13-;/m0./s1. The molecular formula is C20H23MgN7O6.